The third-order valence-electron chi connectivity index (χ3n) is 11.8. The van der Waals surface area contributed by atoms with E-state index >= 15 is 0 Å². The summed E-state index contributed by atoms with van der Waals surface area (Å²) >= 11 is 0. The highest BCUT2D eigenvalue weighted by Gasteiger charge is 2.41. The normalized spacial score (nSPS) is 12.7. The molecule has 4 nitrogen and oxygen atoms in total. The monoisotopic (exact) mass is 770 g/mol. The van der Waals surface area contributed by atoms with Crippen LogP contribution in [0.4, 0.5) is 0 Å². The van der Waals surface area contributed by atoms with Crippen LogP contribution in [0.5, 0.6) is 0 Å². The molecule has 278 valence electrons. The number of benzene rings is 8. The molecule has 0 unspecified atom stereocenters. The maximum absolute atomic E-state index is 5.42. The summed E-state index contributed by atoms with van der Waals surface area (Å²) in [5.41, 5.74) is 14.0. The van der Waals surface area contributed by atoms with E-state index in [0.29, 0.717) is 5.82 Å². The van der Waals surface area contributed by atoms with E-state index in [-0.39, 0.29) is 0 Å². The lowest BCUT2D eigenvalue weighted by molar-refractivity contribution is 1.21. The second-order valence-corrected chi connectivity index (χ2v) is 20.1. The predicted molar refractivity (Wildman–Crippen MR) is 247 cm³/mol. The van der Waals surface area contributed by atoms with Crippen molar-refractivity contribution in [1.29, 1.82) is 0 Å². The highest BCUT2D eigenvalue weighted by atomic mass is 28.3. The fourth-order valence-corrected chi connectivity index (χ4v) is 11.8. The van der Waals surface area contributed by atoms with Gasteiger partial charge < -0.3 is 0 Å². The van der Waals surface area contributed by atoms with Crippen molar-refractivity contribution in [2.24, 2.45) is 0 Å². The number of fused-ring (bicyclic) bond motifs is 6. The maximum Gasteiger partial charge on any atom is 0.160 e. The van der Waals surface area contributed by atoms with Gasteiger partial charge in [-0.25, -0.2) is 19.9 Å². The van der Waals surface area contributed by atoms with Gasteiger partial charge in [0.1, 0.15) is 8.07 Å². The average molecular weight is 771 g/mol. The van der Waals surface area contributed by atoms with Crippen molar-refractivity contribution in [1.82, 2.24) is 19.9 Å². The topological polar surface area (TPSA) is 51.6 Å². The molecule has 0 saturated carbocycles. The smallest absolute Gasteiger partial charge is 0.160 e. The molecule has 0 radical (unpaired) electrons. The van der Waals surface area contributed by atoms with Crippen LogP contribution >= 0.6 is 0 Å². The molecule has 3 heterocycles. The molecule has 0 fully saturated rings. The first-order chi connectivity index (χ1) is 29.0. The van der Waals surface area contributed by atoms with Gasteiger partial charge in [0.15, 0.2) is 11.6 Å². The average Bonchev–Trinajstić information content (AvgIpc) is 3.54. The molecule has 2 aromatic heterocycles. The van der Waals surface area contributed by atoms with Gasteiger partial charge in [0.05, 0.1) is 16.9 Å². The zero-order chi connectivity index (χ0) is 39.5. The number of hydrogen-bond acceptors (Lipinski definition) is 4. The Morgan fingerprint density at radius 3 is 1.51 bits per heavy atom. The molecule has 59 heavy (non-hydrogen) atoms. The Labute approximate surface area is 344 Å². The minimum Gasteiger partial charge on any atom is -0.237 e. The third kappa shape index (κ3) is 5.98. The lowest BCUT2D eigenvalue weighted by atomic mass is 9.96. The lowest BCUT2D eigenvalue weighted by Crippen LogP contribution is -2.50. The molecule has 1 aliphatic rings. The van der Waals surface area contributed by atoms with Crippen LogP contribution in [0.25, 0.3) is 100 Å². The second-order valence-electron chi connectivity index (χ2n) is 15.8. The first kappa shape index (κ1) is 34.9. The van der Waals surface area contributed by atoms with E-state index < -0.39 is 8.07 Å². The highest BCUT2D eigenvalue weighted by Crippen LogP contribution is 2.38. The van der Waals surface area contributed by atoms with Gasteiger partial charge in [0.2, 0.25) is 0 Å². The van der Waals surface area contributed by atoms with Crippen molar-refractivity contribution in [3.05, 3.63) is 194 Å². The largest absolute Gasteiger partial charge is 0.237 e. The fourth-order valence-electron chi connectivity index (χ4n) is 8.84. The lowest BCUT2D eigenvalue weighted by Gasteiger charge is -2.19. The molecule has 0 aliphatic carbocycles. The van der Waals surface area contributed by atoms with Crippen LogP contribution in [0.15, 0.2) is 194 Å². The van der Waals surface area contributed by atoms with Gasteiger partial charge in [0, 0.05) is 43.9 Å². The summed E-state index contributed by atoms with van der Waals surface area (Å²) < 4.78 is 0. The van der Waals surface area contributed by atoms with Crippen LogP contribution in [0, 0.1) is 0 Å². The van der Waals surface area contributed by atoms with Gasteiger partial charge in [-0.15, -0.1) is 0 Å². The van der Waals surface area contributed by atoms with E-state index in [2.05, 4.69) is 201 Å². The van der Waals surface area contributed by atoms with Gasteiger partial charge in [-0.2, -0.15) is 0 Å². The maximum atomic E-state index is 5.42. The molecule has 0 saturated heterocycles. The summed E-state index contributed by atoms with van der Waals surface area (Å²) in [6.45, 7) is 4.83. The van der Waals surface area contributed by atoms with Gasteiger partial charge in [-0.05, 0) is 62.7 Å². The van der Waals surface area contributed by atoms with E-state index in [1.165, 1.54) is 21.6 Å². The number of hydrogen-bond donors (Lipinski definition) is 0. The number of nitrogens with zero attached hydrogens (tertiary/aromatic N) is 4. The van der Waals surface area contributed by atoms with Crippen LogP contribution in [0.2, 0.25) is 13.1 Å². The minimum absolute atomic E-state index is 0.706. The molecule has 1 aliphatic heterocycles. The predicted octanol–water partition coefficient (Wildman–Crippen LogP) is 12.4. The van der Waals surface area contributed by atoms with Gasteiger partial charge in [0.25, 0.3) is 0 Å². The van der Waals surface area contributed by atoms with Crippen molar-refractivity contribution in [2.75, 3.05) is 0 Å². The molecule has 0 atom stereocenters. The van der Waals surface area contributed by atoms with Crippen LogP contribution in [0.3, 0.4) is 0 Å². The van der Waals surface area contributed by atoms with Crippen molar-refractivity contribution < 1.29 is 0 Å². The Balaban J connectivity index is 0.990. The van der Waals surface area contributed by atoms with Crippen LogP contribution in [-0.4, -0.2) is 28.0 Å². The highest BCUT2D eigenvalue weighted by molar-refractivity contribution is 7.03. The summed E-state index contributed by atoms with van der Waals surface area (Å²) in [4.78, 5) is 21.2. The zero-order valence-electron chi connectivity index (χ0n) is 32.8. The van der Waals surface area contributed by atoms with E-state index in [1.807, 2.05) is 6.07 Å². The van der Waals surface area contributed by atoms with Gasteiger partial charge in [-0.1, -0.05) is 183 Å². The Morgan fingerprint density at radius 1 is 0.356 bits per heavy atom. The molecule has 0 amide bonds. The minimum atomic E-state index is -2.07. The van der Waals surface area contributed by atoms with E-state index in [4.69, 9.17) is 19.9 Å². The summed E-state index contributed by atoms with van der Waals surface area (Å²) in [5.74, 6) is 1.47. The van der Waals surface area contributed by atoms with Crippen LogP contribution in [-0.2, 0) is 0 Å². The third-order valence-corrected chi connectivity index (χ3v) is 15.2. The van der Waals surface area contributed by atoms with Crippen LogP contribution in [0.1, 0.15) is 0 Å². The SMILES string of the molecule is C[Si]1(C)c2ccccc2-c2c(-c3ccccc3)nc(-c3cccc(-c4cccc(-c5cccc(-c6nc(-c7ccccc7)c7ccc8ccccc8c7n6)c5)c4)c3)nc21. The van der Waals surface area contributed by atoms with Crippen molar-refractivity contribution in [3.8, 4) is 78.7 Å². The summed E-state index contributed by atoms with van der Waals surface area (Å²) in [7, 11) is -2.07. The number of rotatable bonds is 6. The Morgan fingerprint density at radius 2 is 0.847 bits per heavy atom. The molecule has 0 N–H and O–H groups in total. The zero-order valence-corrected chi connectivity index (χ0v) is 33.8. The van der Waals surface area contributed by atoms with Crippen LogP contribution < -0.4 is 10.5 Å². The van der Waals surface area contributed by atoms with Crippen molar-refractivity contribution in [3.63, 3.8) is 0 Å². The molecule has 10 aromatic rings. The van der Waals surface area contributed by atoms with Gasteiger partial charge >= 0.3 is 0 Å². The van der Waals surface area contributed by atoms with E-state index in [1.54, 1.807) is 0 Å². The summed E-state index contributed by atoms with van der Waals surface area (Å²) in [5, 5.41) is 5.95. The Hall–Kier alpha value is -7.34. The van der Waals surface area contributed by atoms with E-state index in [9.17, 15) is 0 Å². The molecule has 5 heteroatoms. The molecule has 0 spiro atoms. The first-order valence-electron chi connectivity index (χ1n) is 20.1. The quantitative estimate of drug-likeness (QED) is 0.125. The van der Waals surface area contributed by atoms with Crippen molar-refractivity contribution >= 4 is 40.3 Å². The summed E-state index contributed by atoms with van der Waals surface area (Å²) in [6, 6.07) is 68.6. The standard InChI is InChI=1S/C54H38N4Si/c1-59(2)47-29-12-11-28-45(47)48-50(37-19-7-4-8-20-37)56-53(58-54(48)59)43-26-15-24-41(34-43)39-22-13-21-38(32-39)40-23-14-25-42(33-40)52-55-49(36-17-5-3-6-18-36)46-31-30-35-16-9-10-27-44(35)51(46)57-52/h3-34H,1-2H3. The number of aromatic nitrogens is 4. The second kappa shape index (κ2) is 13.9. The molecular weight excluding hydrogens is 733 g/mol. The Kier molecular flexibility index (Phi) is 8.24. The van der Waals surface area contributed by atoms with Gasteiger partial charge in [-0.3, -0.25) is 0 Å². The molecule has 8 aromatic carbocycles. The fraction of sp³-hybridized carbons (Fsp3) is 0.0370. The molecule has 11 rings (SSSR count). The Bertz CT molecular complexity index is 3250. The first-order valence-corrected chi connectivity index (χ1v) is 23.1. The molecule has 0 bridgehead atoms. The van der Waals surface area contributed by atoms with E-state index in [0.717, 1.165) is 83.4 Å². The summed E-state index contributed by atoms with van der Waals surface area (Å²) in [6.07, 6.45) is 0. The van der Waals surface area contributed by atoms with Crippen molar-refractivity contribution in [2.45, 2.75) is 13.1 Å². The molecular formula is C54H38N4Si.